The van der Waals surface area contributed by atoms with Crippen LogP contribution in [0, 0.1) is 11.6 Å². The minimum Gasteiger partial charge on any atom is -0.207 e. The first-order chi connectivity index (χ1) is 7.86. The van der Waals surface area contributed by atoms with Crippen molar-refractivity contribution >= 4 is 18.4 Å². The van der Waals surface area contributed by atoms with Crippen LogP contribution >= 0.6 is 8.25 Å². The molecular formula is C7H6F2O6PS+. The molecule has 0 fully saturated rings. The van der Waals surface area contributed by atoms with E-state index < -0.39 is 34.9 Å². The molecule has 1 atom stereocenters. The molecule has 10 heteroatoms. The van der Waals surface area contributed by atoms with E-state index in [0.29, 0.717) is 12.1 Å². The van der Waals surface area contributed by atoms with E-state index in [2.05, 4.69) is 13.5 Å². The summed E-state index contributed by atoms with van der Waals surface area (Å²) in [6.45, 7) is 0. The van der Waals surface area contributed by atoms with Gasteiger partial charge in [0, 0.05) is 4.57 Å². The monoisotopic (exact) mass is 287 g/mol. The molecule has 1 rings (SSSR count). The second kappa shape index (κ2) is 5.56. The molecule has 0 aliphatic heterocycles. The molecule has 0 bridgehead atoms. The molecule has 0 amide bonds. The van der Waals surface area contributed by atoms with E-state index in [-0.39, 0.29) is 0 Å². The Hall–Kier alpha value is -0.990. The SMILES string of the molecule is CO[P+](=O)OOS(=O)(=O)c1cc(F)ccc1F. The van der Waals surface area contributed by atoms with Crippen molar-refractivity contribution in [1.82, 2.24) is 0 Å². The minimum atomic E-state index is -4.72. The van der Waals surface area contributed by atoms with Gasteiger partial charge < -0.3 is 0 Å². The van der Waals surface area contributed by atoms with Gasteiger partial charge in [-0.2, -0.15) is 8.42 Å². The van der Waals surface area contributed by atoms with Crippen molar-refractivity contribution in [2.45, 2.75) is 4.90 Å². The Kier molecular flexibility index (Phi) is 4.61. The van der Waals surface area contributed by atoms with E-state index in [4.69, 9.17) is 0 Å². The van der Waals surface area contributed by atoms with E-state index in [9.17, 15) is 21.8 Å². The van der Waals surface area contributed by atoms with Crippen LogP contribution in [0.4, 0.5) is 8.78 Å². The van der Waals surface area contributed by atoms with Crippen LogP contribution in [0.2, 0.25) is 0 Å². The summed E-state index contributed by atoms with van der Waals surface area (Å²) in [5.74, 6) is -2.22. The Morgan fingerprint density at radius 2 is 1.94 bits per heavy atom. The van der Waals surface area contributed by atoms with Gasteiger partial charge in [0.15, 0.2) is 0 Å². The summed E-state index contributed by atoms with van der Waals surface area (Å²) in [6, 6.07) is 1.72. The number of halogens is 2. The predicted octanol–water partition coefficient (Wildman–Crippen LogP) is 1.91. The van der Waals surface area contributed by atoms with E-state index in [1.165, 1.54) is 0 Å². The van der Waals surface area contributed by atoms with Gasteiger partial charge >= 0.3 is 18.4 Å². The summed E-state index contributed by atoms with van der Waals surface area (Å²) >= 11 is 0. The molecule has 17 heavy (non-hydrogen) atoms. The first kappa shape index (κ1) is 14.1. The van der Waals surface area contributed by atoms with Crippen molar-refractivity contribution in [2.75, 3.05) is 7.11 Å². The average Bonchev–Trinajstić information content (AvgIpc) is 2.29. The van der Waals surface area contributed by atoms with E-state index in [0.717, 1.165) is 13.2 Å². The number of rotatable bonds is 5. The van der Waals surface area contributed by atoms with Crippen molar-refractivity contribution in [3.05, 3.63) is 29.8 Å². The highest BCUT2D eigenvalue weighted by molar-refractivity contribution is 7.86. The quantitative estimate of drug-likeness (QED) is 0.467. The van der Waals surface area contributed by atoms with Gasteiger partial charge in [-0.25, -0.2) is 8.78 Å². The van der Waals surface area contributed by atoms with Gasteiger partial charge in [0.05, 0.1) is 11.8 Å². The highest BCUT2D eigenvalue weighted by Crippen LogP contribution is 2.26. The minimum absolute atomic E-state index is 0.397. The molecule has 1 aromatic carbocycles. The molecule has 0 aliphatic carbocycles. The molecule has 0 N–H and O–H groups in total. The lowest BCUT2D eigenvalue weighted by atomic mass is 10.3. The average molecular weight is 287 g/mol. The predicted molar refractivity (Wildman–Crippen MR) is 50.3 cm³/mol. The van der Waals surface area contributed by atoms with Crippen LogP contribution in [0.3, 0.4) is 0 Å². The van der Waals surface area contributed by atoms with Gasteiger partial charge in [-0.05, 0) is 18.2 Å². The fourth-order valence-corrected chi connectivity index (χ4v) is 2.02. The van der Waals surface area contributed by atoms with Crippen LogP contribution in [0.15, 0.2) is 23.1 Å². The fourth-order valence-electron chi connectivity index (χ4n) is 0.801. The van der Waals surface area contributed by atoms with Gasteiger partial charge in [-0.15, -0.1) is 4.52 Å². The van der Waals surface area contributed by atoms with Crippen molar-refractivity contribution in [3.8, 4) is 0 Å². The highest BCUT2D eigenvalue weighted by Gasteiger charge is 2.29. The molecule has 0 aliphatic rings. The summed E-state index contributed by atoms with van der Waals surface area (Å²) in [5, 5.41) is 0. The highest BCUT2D eigenvalue weighted by atomic mass is 32.2. The zero-order valence-corrected chi connectivity index (χ0v) is 10.0. The number of hydrogen-bond acceptors (Lipinski definition) is 6. The Morgan fingerprint density at radius 3 is 2.53 bits per heavy atom. The Labute approximate surface area is 96.1 Å². The third kappa shape index (κ3) is 3.76. The summed E-state index contributed by atoms with van der Waals surface area (Å²) in [4.78, 5) is -1.07. The molecule has 0 radical (unpaired) electrons. The second-order valence-corrected chi connectivity index (χ2v) is 5.02. The molecule has 0 saturated carbocycles. The maximum Gasteiger partial charge on any atom is 0.729 e. The van der Waals surface area contributed by atoms with Crippen LogP contribution in [0.25, 0.3) is 0 Å². The van der Waals surface area contributed by atoms with Crippen LogP contribution < -0.4 is 0 Å². The number of benzene rings is 1. The molecule has 0 aromatic heterocycles. The van der Waals surface area contributed by atoms with E-state index in [1.54, 1.807) is 0 Å². The maximum atomic E-state index is 13.1. The molecule has 0 saturated heterocycles. The summed E-state index contributed by atoms with van der Waals surface area (Å²) in [6.07, 6.45) is 0. The van der Waals surface area contributed by atoms with Crippen LogP contribution in [0.5, 0.6) is 0 Å². The van der Waals surface area contributed by atoms with Gasteiger partial charge in [-0.3, -0.25) is 0 Å². The third-order valence-corrected chi connectivity index (χ3v) is 3.19. The first-order valence-corrected chi connectivity index (χ1v) is 6.45. The lowest BCUT2D eigenvalue weighted by Gasteiger charge is -2.00. The zero-order valence-electron chi connectivity index (χ0n) is 8.29. The van der Waals surface area contributed by atoms with Gasteiger partial charge in [0.2, 0.25) is 0 Å². The zero-order chi connectivity index (χ0) is 13.1. The topological polar surface area (TPSA) is 78.9 Å². The summed E-state index contributed by atoms with van der Waals surface area (Å²) in [5.41, 5.74) is 0. The molecular weight excluding hydrogens is 281 g/mol. The molecule has 1 unspecified atom stereocenters. The van der Waals surface area contributed by atoms with E-state index in [1.807, 2.05) is 0 Å². The van der Waals surface area contributed by atoms with Gasteiger partial charge in [-0.1, -0.05) is 4.33 Å². The summed E-state index contributed by atoms with van der Waals surface area (Å²) in [7, 11) is -6.57. The lowest BCUT2D eigenvalue weighted by Crippen LogP contribution is -2.07. The van der Waals surface area contributed by atoms with E-state index >= 15 is 0 Å². The lowest BCUT2D eigenvalue weighted by molar-refractivity contribution is -0.0964. The normalized spacial score (nSPS) is 12.5. The first-order valence-electron chi connectivity index (χ1n) is 3.94. The van der Waals surface area contributed by atoms with Crippen molar-refractivity contribution in [2.24, 2.45) is 0 Å². The third-order valence-electron chi connectivity index (χ3n) is 1.49. The van der Waals surface area contributed by atoms with Crippen molar-refractivity contribution in [3.63, 3.8) is 0 Å². The van der Waals surface area contributed by atoms with Gasteiger partial charge in [0.25, 0.3) is 0 Å². The molecule has 6 nitrogen and oxygen atoms in total. The second-order valence-electron chi connectivity index (χ2n) is 2.58. The van der Waals surface area contributed by atoms with Crippen LogP contribution in [-0.4, -0.2) is 15.5 Å². The molecule has 94 valence electrons. The van der Waals surface area contributed by atoms with Crippen molar-refractivity contribution in [1.29, 1.82) is 0 Å². The smallest absolute Gasteiger partial charge is 0.207 e. The maximum absolute atomic E-state index is 13.1. The fraction of sp³-hybridized carbons (Fsp3) is 0.143. The molecule has 0 spiro atoms. The summed E-state index contributed by atoms with van der Waals surface area (Å²) < 4.78 is 70.6. The molecule has 0 heterocycles. The molecule has 1 aromatic rings. The largest absolute Gasteiger partial charge is 0.729 e. The van der Waals surface area contributed by atoms with Crippen molar-refractivity contribution < 1.29 is 35.3 Å². The Balaban J connectivity index is 2.97. The van der Waals surface area contributed by atoms with Crippen LogP contribution in [0.1, 0.15) is 0 Å². The van der Waals surface area contributed by atoms with Gasteiger partial charge in [0.1, 0.15) is 16.5 Å². The van der Waals surface area contributed by atoms with Crippen LogP contribution in [-0.2, 0) is 28.2 Å². The Bertz CT molecular complexity index is 531. The Morgan fingerprint density at radius 1 is 1.29 bits per heavy atom. The standard InChI is InChI=1S/C7H6F2O6PS/c1-13-16(10)14-15-17(11,12)7-4-5(8)2-3-6(7)9/h2-4H,1H3/q+1. The number of hydrogen-bond donors (Lipinski definition) is 0.